The fourth-order valence-corrected chi connectivity index (χ4v) is 0. The molecule has 0 atom stereocenters. The Kier molecular flexibility index (Phi) is 440. The molecular weight excluding hydrogens is 228 g/mol. The molecule has 0 aromatic heterocycles. The van der Waals surface area contributed by atoms with E-state index in [0.717, 1.165) is 0 Å². The first-order chi connectivity index (χ1) is 1.41. The smallest absolute Gasteiger partial charge is 1.00 e. The van der Waals surface area contributed by atoms with Crippen molar-refractivity contribution in [3.63, 3.8) is 0 Å². The van der Waals surface area contributed by atoms with E-state index in [0.29, 0.717) is 0 Å². The molecule has 0 aliphatic rings. The minimum absolute atomic E-state index is 0. The van der Waals surface area contributed by atoms with Gasteiger partial charge in [-0.2, -0.15) is 14.1 Å². The van der Waals surface area contributed by atoms with Crippen molar-refractivity contribution >= 4 is 0 Å². The van der Waals surface area contributed by atoms with Crippen molar-refractivity contribution in [2.75, 3.05) is 14.1 Å². The monoisotopic (exact) mass is 232 g/mol. The van der Waals surface area contributed by atoms with E-state index in [9.17, 15) is 0 Å². The van der Waals surface area contributed by atoms with E-state index in [1.54, 1.807) is 14.1 Å². The Morgan fingerprint density at radius 1 is 0.750 bits per heavy atom. The van der Waals surface area contributed by atoms with Gasteiger partial charge in [-0.15, -0.1) is 0 Å². The Morgan fingerprint density at radius 3 is 0.750 bits per heavy atom. The zero-order chi connectivity index (χ0) is 2.71. The van der Waals surface area contributed by atoms with E-state index in [2.05, 4.69) is 5.32 Å². The molecule has 0 aliphatic heterocycles. The third-order valence-electron chi connectivity index (χ3n) is 0. The second-order valence-electron chi connectivity index (χ2n) is 0.447. The molecule has 1 nitrogen and oxygen atoms in total. The summed E-state index contributed by atoms with van der Waals surface area (Å²) in [5, 5.41) is 3.50. The number of nitrogens with zero attached hydrogens (tertiary/aromatic N) is 1. The standard InChI is InChI=1S/C2H6N.4ClH.Ti/c1-3-2;;;;;/h1-2H3;4*1H;/q-1;;;;;+4/p-4. The van der Waals surface area contributed by atoms with Crippen LogP contribution < -0.4 is 49.6 Å². The van der Waals surface area contributed by atoms with Crippen molar-refractivity contribution < 1.29 is 71.3 Å². The summed E-state index contributed by atoms with van der Waals surface area (Å²) in [7, 11) is 3.50. The van der Waals surface area contributed by atoms with Crippen molar-refractivity contribution in [1.82, 2.24) is 0 Å². The predicted octanol–water partition coefficient (Wildman–Crippen LogP) is -11.4. The second kappa shape index (κ2) is 67.5. The van der Waals surface area contributed by atoms with E-state index in [1.807, 2.05) is 0 Å². The van der Waals surface area contributed by atoms with Gasteiger partial charge in [0.15, 0.2) is 0 Å². The average Bonchev–Trinajstić information content (AvgIpc) is 0.918. The summed E-state index contributed by atoms with van der Waals surface area (Å²) in [6.45, 7) is 0. The largest absolute Gasteiger partial charge is 4.00 e. The fraction of sp³-hybridized carbons (Fsp3) is 1.00. The zero-order valence-electron chi connectivity index (χ0n) is 4.46. The maximum absolute atomic E-state index is 3.50. The van der Waals surface area contributed by atoms with Crippen LogP contribution in [0, 0.1) is 0 Å². The Morgan fingerprint density at radius 2 is 0.750 bits per heavy atom. The van der Waals surface area contributed by atoms with Gasteiger partial charge in [0, 0.05) is 0 Å². The second-order valence-corrected chi connectivity index (χ2v) is 0.447. The molecule has 0 N–H and O–H groups in total. The third-order valence-corrected chi connectivity index (χ3v) is 0. The molecule has 6 heteroatoms. The van der Waals surface area contributed by atoms with E-state index >= 15 is 0 Å². The van der Waals surface area contributed by atoms with Crippen molar-refractivity contribution in [3.8, 4) is 0 Å². The molecular formula is C2H6Cl4NTi-. The summed E-state index contributed by atoms with van der Waals surface area (Å²) in [5.74, 6) is 0. The maximum Gasteiger partial charge on any atom is 4.00 e. The number of halogens is 4. The van der Waals surface area contributed by atoms with Gasteiger partial charge in [0.1, 0.15) is 0 Å². The number of rotatable bonds is 0. The van der Waals surface area contributed by atoms with Crippen LogP contribution in [-0.4, -0.2) is 14.1 Å². The average molecular weight is 234 g/mol. The van der Waals surface area contributed by atoms with Crippen LogP contribution >= 0.6 is 0 Å². The van der Waals surface area contributed by atoms with E-state index in [-0.39, 0.29) is 71.3 Å². The molecule has 52 valence electrons. The van der Waals surface area contributed by atoms with Crippen molar-refractivity contribution in [2.24, 2.45) is 0 Å². The van der Waals surface area contributed by atoms with E-state index in [4.69, 9.17) is 0 Å². The topological polar surface area (TPSA) is 14.1 Å². The molecule has 0 rings (SSSR count). The zero-order valence-corrected chi connectivity index (χ0v) is 9.04. The Bertz CT molecular complexity index is 14.0. The fourth-order valence-electron chi connectivity index (χ4n) is 0. The minimum Gasteiger partial charge on any atom is -1.00 e. The molecule has 0 aliphatic carbocycles. The first-order valence-electron chi connectivity index (χ1n) is 0.894. The van der Waals surface area contributed by atoms with Gasteiger partial charge in [0.25, 0.3) is 0 Å². The molecule has 0 aromatic carbocycles. The molecule has 0 saturated heterocycles. The normalized spacial score (nSPS) is 2.25. The Labute approximate surface area is 90.3 Å². The van der Waals surface area contributed by atoms with Gasteiger partial charge in [-0.05, 0) is 0 Å². The van der Waals surface area contributed by atoms with Crippen LogP contribution in [0.25, 0.3) is 5.32 Å². The molecule has 8 heavy (non-hydrogen) atoms. The Balaban J connectivity index is -0.00000000200. The summed E-state index contributed by atoms with van der Waals surface area (Å²) in [6, 6.07) is 0. The molecule has 0 aromatic rings. The molecule has 0 unspecified atom stereocenters. The Hall–Kier alpha value is 1.83. The van der Waals surface area contributed by atoms with E-state index in [1.165, 1.54) is 0 Å². The maximum atomic E-state index is 3.50. The summed E-state index contributed by atoms with van der Waals surface area (Å²) in [5.41, 5.74) is 0. The molecule has 0 fully saturated rings. The quantitative estimate of drug-likeness (QED) is 0.369. The summed E-state index contributed by atoms with van der Waals surface area (Å²) in [6.07, 6.45) is 0. The van der Waals surface area contributed by atoms with Crippen molar-refractivity contribution in [1.29, 1.82) is 0 Å². The molecule has 0 bridgehead atoms. The van der Waals surface area contributed by atoms with E-state index < -0.39 is 0 Å². The van der Waals surface area contributed by atoms with Crippen LogP contribution in [0.5, 0.6) is 0 Å². The SMILES string of the molecule is C[N-]C.[Cl-].[Cl-].[Cl-].[Cl-].[Ti+4]. The predicted molar refractivity (Wildman–Crippen MR) is 15.2 cm³/mol. The van der Waals surface area contributed by atoms with Gasteiger partial charge >= 0.3 is 21.7 Å². The molecule has 0 heterocycles. The van der Waals surface area contributed by atoms with Crippen LogP contribution in [0.4, 0.5) is 0 Å². The summed E-state index contributed by atoms with van der Waals surface area (Å²) < 4.78 is 0. The van der Waals surface area contributed by atoms with Gasteiger partial charge < -0.3 is 54.9 Å². The van der Waals surface area contributed by atoms with Crippen molar-refractivity contribution in [3.05, 3.63) is 5.32 Å². The first-order valence-corrected chi connectivity index (χ1v) is 0.894. The van der Waals surface area contributed by atoms with Crippen LogP contribution in [0.15, 0.2) is 0 Å². The van der Waals surface area contributed by atoms with Crippen LogP contribution in [-0.2, 0) is 21.7 Å². The molecule has 0 radical (unpaired) electrons. The van der Waals surface area contributed by atoms with Gasteiger partial charge in [-0.1, -0.05) is 0 Å². The third kappa shape index (κ3) is 109. The van der Waals surface area contributed by atoms with Gasteiger partial charge in [0.2, 0.25) is 0 Å². The van der Waals surface area contributed by atoms with Crippen molar-refractivity contribution in [2.45, 2.75) is 0 Å². The molecule has 0 saturated carbocycles. The van der Waals surface area contributed by atoms with Gasteiger partial charge in [-0.3, -0.25) is 0 Å². The summed E-state index contributed by atoms with van der Waals surface area (Å²) >= 11 is 0. The first kappa shape index (κ1) is 52.2. The molecule has 0 amide bonds. The number of hydrogen-bond acceptors (Lipinski definition) is 0. The van der Waals surface area contributed by atoms with Gasteiger partial charge in [-0.25, -0.2) is 0 Å². The van der Waals surface area contributed by atoms with Crippen LogP contribution in [0.2, 0.25) is 0 Å². The minimum atomic E-state index is 0. The summed E-state index contributed by atoms with van der Waals surface area (Å²) in [4.78, 5) is 0. The number of hydrogen-bond donors (Lipinski definition) is 0. The van der Waals surface area contributed by atoms with Crippen LogP contribution in [0.3, 0.4) is 0 Å². The van der Waals surface area contributed by atoms with Crippen LogP contribution in [0.1, 0.15) is 0 Å². The molecule has 0 spiro atoms. The van der Waals surface area contributed by atoms with Gasteiger partial charge in [0.05, 0.1) is 0 Å².